The predicted molar refractivity (Wildman–Crippen MR) is 75.8 cm³/mol. The summed E-state index contributed by atoms with van der Waals surface area (Å²) in [5.41, 5.74) is 0. The molecule has 0 aliphatic heterocycles. The number of hydrogen-bond acceptors (Lipinski definition) is 0. The maximum absolute atomic E-state index is 2.42. The SMILES string of the molecule is CCCC(C)CCCCC(CCC)CCC. The molecule has 0 amide bonds. The van der Waals surface area contributed by atoms with E-state index >= 15 is 0 Å². The van der Waals surface area contributed by atoms with Crippen LogP contribution in [0.3, 0.4) is 0 Å². The van der Waals surface area contributed by atoms with E-state index in [0.717, 1.165) is 11.8 Å². The lowest BCUT2D eigenvalue weighted by molar-refractivity contribution is 0.377. The van der Waals surface area contributed by atoms with E-state index in [1.54, 1.807) is 0 Å². The van der Waals surface area contributed by atoms with Crippen LogP contribution in [0.1, 0.15) is 91.9 Å². The van der Waals surface area contributed by atoms with Crippen LogP contribution in [0.2, 0.25) is 0 Å². The van der Waals surface area contributed by atoms with Gasteiger partial charge in [-0.15, -0.1) is 0 Å². The summed E-state index contributed by atoms with van der Waals surface area (Å²) in [6.45, 7) is 9.37. The summed E-state index contributed by atoms with van der Waals surface area (Å²) in [4.78, 5) is 0. The van der Waals surface area contributed by atoms with Crippen molar-refractivity contribution in [1.82, 2.24) is 0 Å². The van der Waals surface area contributed by atoms with Crippen LogP contribution in [0.5, 0.6) is 0 Å². The van der Waals surface area contributed by atoms with E-state index in [0.29, 0.717) is 0 Å². The Morgan fingerprint density at radius 1 is 0.625 bits per heavy atom. The molecule has 0 aromatic heterocycles. The topological polar surface area (TPSA) is 0 Å². The zero-order valence-corrected chi connectivity index (χ0v) is 12.2. The fourth-order valence-corrected chi connectivity index (χ4v) is 2.81. The van der Waals surface area contributed by atoms with E-state index in [1.165, 1.54) is 64.2 Å². The highest BCUT2D eigenvalue weighted by molar-refractivity contribution is 4.60. The Balaban J connectivity index is 3.45. The number of hydrogen-bond donors (Lipinski definition) is 0. The Morgan fingerprint density at radius 3 is 1.62 bits per heavy atom. The molecule has 0 heteroatoms. The summed E-state index contributed by atoms with van der Waals surface area (Å²) in [6, 6.07) is 0. The Kier molecular flexibility index (Phi) is 11.5. The number of rotatable bonds is 11. The summed E-state index contributed by atoms with van der Waals surface area (Å²) >= 11 is 0. The van der Waals surface area contributed by atoms with Gasteiger partial charge in [-0.25, -0.2) is 0 Å². The molecule has 0 aliphatic rings. The highest BCUT2D eigenvalue weighted by Crippen LogP contribution is 2.22. The number of unbranched alkanes of at least 4 members (excludes halogenated alkanes) is 1. The van der Waals surface area contributed by atoms with Crippen molar-refractivity contribution in [2.45, 2.75) is 91.9 Å². The lowest BCUT2D eigenvalue weighted by atomic mass is 9.91. The third kappa shape index (κ3) is 9.24. The van der Waals surface area contributed by atoms with Crippen molar-refractivity contribution in [3.05, 3.63) is 0 Å². The van der Waals surface area contributed by atoms with Crippen LogP contribution in [0.15, 0.2) is 0 Å². The molecule has 0 saturated heterocycles. The summed E-state index contributed by atoms with van der Waals surface area (Å²) in [7, 11) is 0. The van der Waals surface area contributed by atoms with Gasteiger partial charge in [0.15, 0.2) is 0 Å². The van der Waals surface area contributed by atoms with Crippen LogP contribution in [0.4, 0.5) is 0 Å². The van der Waals surface area contributed by atoms with Crippen molar-refractivity contribution < 1.29 is 0 Å². The Bertz CT molecular complexity index is 122. The van der Waals surface area contributed by atoms with Gasteiger partial charge >= 0.3 is 0 Å². The molecule has 0 spiro atoms. The van der Waals surface area contributed by atoms with Gasteiger partial charge in [-0.3, -0.25) is 0 Å². The van der Waals surface area contributed by atoms with E-state index < -0.39 is 0 Å². The van der Waals surface area contributed by atoms with E-state index in [1.807, 2.05) is 0 Å². The van der Waals surface area contributed by atoms with Gasteiger partial charge < -0.3 is 0 Å². The molecule has 0 saturated carbocycles. The van der Waals surface area contributed by atoms with Gasteiger partial charge in [0.05, 0.1) is 0 Å². The monoisotopic (exact) mass is 226 g/mol. The Labute approximate surface area is 104 Å². The van der Waals surface area contributed by atoms with E-state index in [9.17, 15) is 0 Å². The first-order valence-corrected chi connectivity index (χ1v) is 7.74. The average Bonchev–Trinajstić information content (AvgIpc) is 2.25. The quantitative estimate of drug-likeness (QED) is 0.368. The molecule has 0 radical (unpaired) electrons. The molecule has 0 nitrogen and oxygen atoms in total. The van der Waals surface area contributed by atoms with Crippen LogP contribution in [-0.4, -0.2) is 0 Å². The third-order valence-corrected chi connectivity index (χ3v) is 3.73. The van der Waals surface area contributed by atoms with Crippen molar-refractivity contribution >= 4 is 0 Å². The standard InChI is InChI=1S/C16H34/c1-5-10-15(4)13-8-9-14-16(11-6-2)12-7-3/h15-16H,5-14H2,1-4H3. The zero-order chi connectivity index (χ0) is 12.2. The zero-order valence-electron chi connectivity index (χ0n) is 12.2. The first-order chi connectivity index (χ1) is 7.74. The molecule has 0 aromatic carbocycles. The van der Waals surface area contributed by atoms with Gasteiger partial charge in [0.2, 0.25) is 0 Å². The second-order valence-corrected chi connectivity index (χ2v) is 5.62. The molecule has 0 aromatic rings. The summed E-state index contributed by atoms with van der Waals surface area (Å²) in [5, 5.41) is 0. The maximum atomic E-state index is 2.42. The molecule has 98 valence electrons. The largest absolute Gasteiger partial charge is 0.0654 e. The summed E-state index contributed by atoms with van der Waals surface area (Å²) < 4.78 is 0. The van der Waals surface area contributed by atoms with E-state index in [2.05, 4.69) is 27.7 Å². The minimum Gasteiger partial charge on any atom is -0.0654 e. The molecular formula is C16H34. The fraction of sp³-hybridized carbons (Fsp3) is 1.00. The predicted octanol–water partition coefficient (Wildman–Crippen LogP) is 6.20. The van der Waals surface area contributed by atoms with E-state index in [-0.39, 0.29) is 0 Å². The molecule has 1 atom stereocenters. The highest BCUT2D eigenvalue weighted by atomic mass is 14.1. The molecule has 0 N–H and O–H groups in total. The van der Waals surface area contributed by atoms with Gasteiger partial charge in [-0.1, -0.05) is 91.9 Å². The van der Waals surface area contributed by atoms with Crippen LogP contribution >= 0.6 is 0 Å². The molecule has 1 unspecified atom stereocenters. The van der Waals surface area contributed by atoms with Crippen LogP contribution in [0.25, 0.3) is 0 Å². The molecule has 0 bridgehead atoms. The normalized spacial score (nSPS) is 13.3. The molecule has 0 heterocycles. The summed E-state index contributed by atoms with van der Waals surface area (Å²) in [6.07, 6.45) is 14.3. The van der Waals surface area contributed by atoms with Crippen molar-refractivity contribution in [3.63, 3.8) is 0 Å². The minimum atomic E-state index is 0.959. The van der Waals surface area contributed by atoms with Crippen molar-refractivity contribution in [3.8, 4) is 0 Å². The second-order valence-electron chi connectivity index (χ2n) is 5.62. The maximum Gasteiger partial charge on any atom is -0.0414 e. The van der Waals surface area contributed by atoms with Crippen LogP contribution in [-0.2, 0) is 0 Å². The Hall–Kier alpha value is 0. The molecule has 0 rings (SSSR count). The van der Waals surface area contributed by atoms with Crippen molar-refractivity contribution in [2.24, 2.45) is 11.8 Å². The van der Waals surface area contributed by atoms with Crippen molar-refractivity contribution in [1.29, 1.82) is 0 Å². The van der Waals surface area contributed by atoms with Gasteiger partial charge in [-0.2, -0.15) is 0 Å². The molecular weight excluding hydrogens is 192 g/mol. The highest BCUT2D eigenvalue weighted by Gasteiger charge is 2.07. The smallest absolute Gasteiger partial charge is 0.0414 e. The van der Waals surface area contributed by atoms with E-state index in [4.69, 9.17) is 0 Å². The Morgan fingerprint density at radius 2 is 1.12 bits per heavy atom. The lowest BCUT2D eigenvalue weighted by Crippen LogP contribution is -2.01. The first-order valence-electron chi connectivity index (χ1n) is 7.74. The fourth-order valence-electron chi connectivity index (χ4n) is 2.81. The molecule has 16 heavy (non-hydrogen) atoms. The van der Waals surface area contributed by atoms with Crippen LogP contribution in [0, 0.1) is 11.8 Å². The molecule has 0 aliphatic carbocycles. The van der Waals surface area contributed by atoms with Crippen LogP contribution < -0.4 is 0 Å². The van der Waals surface area contributed by atoms with Gasteiger partial charge in [-0.05, 0) is 11.8 Å². The van der Waals surface area contributed by atoms with Gasteiger partial charge in [0.1, 0.15) is 0 Å². The van der Waals surface area contributed by atoms with Gasteiger partial charge in [0.25, 0.3) is 0 Å². The van der Waals surface area contributed by atoms with Gasteiger partial charge in [0, 0.05) is 0 Å². The third-order valence-electron chi connectivity index (χ3n) is 3.73. The minimum absolute atomic E-state index is 0.959. The average molecular weight is 226 g/mol. The first kappa shape index (κ1) is 16.0. The van der Waals surface area contributed by atoms with Crippen molar-refractivity contribution in [2.75, 3.05) is 0 Å². The lowest BCUT2D eigenvalue weighted by Gasteiger charge is -2.15. The summed E-state index contributed by atoms with van der Waals surface area (Å²) in [5.74, 6) is 1.98. The molecule has 0 fully saturated rings. The second kappa shape index (κ2) is 11.5.